The van der Waals surface area contributed by atoms with Gasteiger partial charge in [0.2, 0.25) is 0 Å². The quantitative estimate of drug-likeness (QED) is 0.709. The van der Waals surface area contributed by atoms with Crippen LogP contribution < -0.4 is 0 Å². The molecule has 0 fully saturated rings. The molecule has 2 aromatic heterocycles. The van der Waals surface area contributed by atoms with Crippen LogP contribution >= 0.6 is 11.8 Å². The summed E-state index contributed by atoms with van der Waals surface area (Å²) in [7, 11) is 0. The second-order valence-electron chi connectivity index (χ2n) is 4.83. The van der Waals surface area contributed by atoms with Crippen molar-refractivity contribution in [2.45, 2.75) is 11.4 Å². The van der Waals surface area contributed by atoms with Gasteiger partial charge in [-0.2, -0.15) is 0 Å². The number of carbonyl (C=O) groups is 1. The van der Waals surface area contributed by atoms with E-state index in [4.69, 9.17) is 0 Å². The number of hydrogen-bond acceptors (Lipinski definition) is 4. The maximum Gasteiger partial charge on any atom is 0.147 e. The number of nitrogens with one attached hydrogen (secondary N) is 1. The Morgan fingerprint density at radius 2 is 1.95 bits per heavy atom. The minimum absolute atomic E-state index is 0.203. The number of H-pyrrole nitrogens is 1. The molecule has 1 N–H and O–H groups in total. The van der Waals surface area contributed by atoms with E-state index in [1.54, 1.807) is 18.6 Å². The van der Waals surface area contributed by atoms with Crippen molar-refractivity contribution in [1.29, 1.82) is 0 Å². The molecule has 0 saturated heterocycles. The standard InChI is InChI=1S/C17H15N3OS/c21-15(9-13-5-2-1-3-6-13)12-22-16-11-19-17(20-16)14-7-4-8-18-10-14/h1-8,10-11H,9,12H2,(H,19,20). The first-order valence-corrected chi connectivity index (χ1v) is 7.93. The number of aromatic amines is 1. The van der Waals surface area contributed by atoms with Crippen molar-refractivity contribution in [3.63, 3.8) is 0 Å². The lowest BCUT2D eigenvalue weighted by Gasteiger charge is -2.00. The summed E-state index contributed by atoms with van der Waals surface area (Å²) in [4.78, 5) is 23.6. The third-order valence-corrected chi connectivity index (χ3v) is 4.11. The lowest BCUT2D eigenvalue weighted by molar-refractivity contribution is -0.116. The van der Waals surface area contributed by atoms with E-state index in [2.05, 4.69) is 15.0 Å². The van der Waals surface area contributed by atoms with Crippen molar-refractivity contribution >= 4 is 17.5 Å². The van der Waals surface area contributed by atoms with Crippen molar-refractivity contribution in [2.75, 3.05) is 5.75 Å². The van der Waals surface area contributed by atoms with Crippen LogP contribution in [0.1, 0.15) is 5.56 Å². The summed E-state index contributed by atoms with van der Waals surface area (Å²) in [5.41, 5.74) is 1.98. The molecule has 3 rings (SSSR count). The molecule has 4 nitrogen and oxygen atoms in total. The molecule has 22 heavy (non-hydrogen) atoms. The monoisotopic (exact) mass is 309 g/mol. The number of imidazole rings is 1. The van der Waals surface area contributed by atoms with Crippen LogP contribution in [0.3, 0.4) is 0 Å². The van der Waals surface area contributed by atoms with Crippen LogP contribution in [0.5, 0.6) is 0 Å². The molecule has 0 unspecified atom stereocenters. The largest absolute Gasteiger partial charge is 0.333 e. The summed E-state index contributed by atoms with van der Waals surface area (Å²) >= 11 is 1.48. The highest BCUT2D eigenvalue weighted by Crippen LogP contribution is 2.20. The summed E-state index contributed by atoms with van der Waals surface area (Å²) < 4.78 is 0. The molecule has 0 atom stereocenters. The molecule has 110 valence electrons. The van der Waals surface area contributed by atoms with Crippen LogP contribution in [-0.2, 0) is 11.2 Å². The van der Waals surface area contributed by atoms with Crippen LogP contribution in [0.25, 0.3) is 11.4 Å². The van der Waals surface area contributed by atoms with Crippen LogP contribution in [0.4, 0.5) is 0 Å². The normalized spacial score (nSPS) is 10.5. The molecule has 0 aliphatic carbocycles. The molecule has 5 heteroatoms. The van der Waals surface area contributed by atoms with E-state index >= 15 is 0 Å². The second-order valence-corrected chi connectivity index (χ2v) is 5.84. The molecule has 1 aromatic carbocycles. The number of hydrogen-bond donors (Lipinski definition) is 1. The highest BCUT2D eigenvalue weighted by molar-refractivity contribution is 7.99. The molecular formula is C17H15N3OS. The summed E-state index contributed by atoms with van der Waals surface area (Å²) in [6.45, 7) is 0. The Kier molecular flexibility index (Phi) is 4.65. The van der Waals surface area contributed by atoms with Gasteiger partial charge in [-0.25, -0.2) is 4.98 Å². The Morgan fingerprint density at radius 3 is 2.73 bits per heavy atom. The van der Waals surface area contributed by atoms with Crippen molar-refractivity contribution in [1.82, 2.24) is 15.0 Å². The second kappa shape index (κ2) is 7.04. The Balaban J connectivity index is 1.56. The zero-order chi connectivity index (χ0) is 15.2. The van der Waals surface area contributed by atoms with E-state index in [0.717, 1.165) is 22.0 Å². The van der Waals surface area contributed by atoms with E-state index in [1.807, 2.05) is 42.5 Å². The summed E-state index contributed by atoms with van der Waals surface area (Å²) in [5, 5.41) is 0.889. The molecule has 0 radical (unpaired) electrons. The van der Waals surface area contributed by atoms with Gasteiger partial charge >= 0.3 is 0 Å². The fourth-order valence-corrected chi connectivity index (χ4v) is 2.77. The van der Waals surface area contributed by atoms with Crippen molar-refractivity contribution in [3.05, 3.63) is 66.6 Å². The number of benzene rings is 1. The number of pyridine rings is 1. The summed E-state index contributed by atoms with van der Waals surface area (Å²) in [6.07, 6.45) is 5.71. The van der Waals surface area contributed by atoms with Crippen molar-refractivity contribution in [2.24, 2.45) is 0 Å². The summed E-state index contributed by atoms with van der Waals surface area (Å²) in [5.74, 6) is 1.41. The number of aromatic nitrogens is 3. The average Bonchev–Trinajstić information content (AvgIpc) is 3.04. The Labute approximate surface area is 133 Å². The molecule has 0 saturated carbocycles. The fraction of sp³-hybridized carbons (Fsp3) is 0.118. The summed E-state index contributed by atoms with van der Waals surface area (Å²) in [6, 6.07) is 13.6. The number of ketones is 1. The van der Waals surface area contributed by atoms with Gasteiger partial charge in [0.15, 0.2) is 0 Å². The van der Waals surface area contributed by atoms with Gasteiger partial charge in [-0.1, -0.05) is 42.1 Å². The van der Waals surface area contributed by atoms with Crippen LogP contribution in [-0.4, -0.2) is 26.5 Å². The van der Waals surface area contributed by atoms with Crippen molar-refractivity contribution in [3.8, 4) is 11.4 Å². The number of Topliss-reactive ketones (excluding diaryl/α,β-unsaturated/α-hetero) is 1. The lowest BCUT2D eigenvalue weighted by atomic mass is 10.1. The maximum atomic E-state index is 12.0. The van der Waals surface area contributed by atoms with Crippen LogP contribution in [0.2, 0.25) is 0 Å². The van der Waals surface area contributed by atoms with Gasteiger partial charge in [-0.05, 0) is 17.7 Å². The topological polar surface area (TPSA) is 58.6 Å². The smallest absolute Gasteiger partial charge is 0.147 e. The van der Waals surface area contributed by atoms with E-state index < -0.39 is 0 Å². The van der Waals surface area contributed by atoms with Gasteiger partial charge in [0.05, 0.1) is 17.0 Å². The lowest BCUT2D eigenvalue weighted by Crippen LogP contribution is -2.05. The zero-order valence-electron chi connectivity index (χ0n) is 11.9. The molecule has 0 spiro atoms. The van der Waals surface area contributed by atoms with E-state index in [0.29, 0.717) is 12.2 Å². The predicted molar refractivity (Wildman–Crippen MR) is 87.7 cm³/mol. The first-order valence-electron chi connectivity index (χ1n) is 6.95. The number of carbonyl (C=O) groups excluding carboxylic acids is 1. The van der Waals surface area contributed by atoms with E-state index in [1.165, 1.54) is 11.8 Å². The first-order chi connectivity index (χ1) is 10.8. The molecule has 0 bridgehead atoms. The average molecular weight is 309 g/mol. The van der Waals surface area contributed by atoms with Gasteiger partial charge in [0.1, 0.15) is 11.6 Å². The van der Waals surface area contributed by atoms with Gasteiger partial charge < -0.3 is 4.98 Å². The minimum atomic E-state index is 0.203. The minimum Gasteiger partial charge on any atom is -0.333 e. The molecule has 0 amide bonds. The Morgan fingerprint density at radius 1 is 1.09 bits per heavy atom. The third kappa shape index (κ3) is 3.83. The fourth-order valence-electron chi connectivity index (χ4n) is 2.06. The molecule has 0 aliphatic heterocycles. The highest BCUT2D eigenvalue weighted by Gasteiger charge is 2.08. The van der Waals surface area contributed by atoms with E-state index in [9.17, 15) is 4.79 Å². The number of rotatable bonds is 6. The third-order valence-electron chi connectivity index (χ3n) is 3.12. The van der Waals surface area contributed by atoms with Gasteiger partial charge in [-0.15, -0.1) is 0 Å². The maximum absolute atomic E-state index is 12.0. The number of thioether (sulfide) groups is 1. The van der Waals surface area contributed by atoms with Crippen LogP contribution in [0, 0.1) is 0 Å². The first kappa shape index (κ1) is 14.5. The Hall–Kier alpha value is -2.40. The SMILES string of the molecule is O=C(CSc1cnc(-c2cccnc2)[nH]1)Cc1ccccc1. The van der Waals surface area contributed by atoms with Crippen LogP contribution in [0.15, 0.2) is 66.1 Å². The number of nitrogens with zero attached hydrogens (tertiary/aromatic N) is 2. The highest BCUT2D eigenvalue weighted by atomic mass is 32.2. The molecular weight excluding hydrogens is 294 g/mol. The molecule has 2 heterocycles. The van der Waals surface area contributed by atoms with Gasteiger partial charge in [-0.3, -0.25) is 9.78 Å². The molecule has 0 aliphatic rings. The van der Waals surface area contributed by atoms with E-state index in [-0.39, 0.29) is 5.78 Å². The molecule has 3 aromatic rings. The van der Waals surface area contributed by atoms with Gasteiger partial charge in [0.25, 0.3) is 0 Å². The van der Waals surface area contributed by atoms with Crippen molar-refractivity contribution < 1.29 is 4.79 Å². The predicted octanol–water partition coefficient (Wildman–Crippen LogP) is 3.38. The Bertz CT molecular complexity index is 741. The zero-order valence-corrected chi connectivity index (χ0v) is 12.7. The van der Waals surface area contributed by atoms with Gasteiger partial charge in [0, 0.05) is 24.4 Å².